The Hall–Kier alpha value is -0.870. The Morgan fingerprint density at radius 2 is 2.33 bits per heavy atom. The fourth-order valence-electron chi connectivity index (χ4n) is 2.77. The van der Waals surface area contributed by atoms with Crippen LogP contribution in [0, 0.1) is 5.92 Å². The molecule has 1 saturated heterocycles. The molecular weight excluding hydrogens is 226 g/mol. The van der Waals surface area contributed by atoms with Crippen molar-refractivity contribution in [3.8, 4) is 0 Å². The highest BCUT2D eigenvalue weighted by Gasteiger charge is 2.33. The van der Waals surface area contributed by atoms with Gasteiger partial charge in [0.1, 0.15) is 6.10 Å². The molecule has 18 heavy (non-hydrogen) atoms. The third kappa shape index (κ3) is 2.59. The Balaban J connectivity index is 1.66. The van der Waals surface area contributed by atoms with Gasteiger partial charge in [0, 0.05) is 31.7 Å². The fraction of sp³-hybridized carbons (Fsp3) is 0.786. The number of hydrogen-bond donors (Lipinski definition) is 1. The molecule has 3 rings (SSSR count). The van der Waals surface area contributed by atoms with Gasteiger partial charge in [-0.25, -0.2) is 4.98 Å². The molecule has 2 atom stereocenters. The van der Waals surface area contributed by atoms with Gasteiger partial charge < -0.3 is 14.6 Å². The predicted octanol–water partition coefficient (Wildman–Crippen LogP) is 2.12. The minimum absolute atomic E-state index is 0.241. The standard InChI is InChI=1S/C14H23N3O/c1-2-6-17-10-15-9-13(17)14-11(5-7-18-14)8-16-12-3-4-12/h9-12,14,16H,2-8H2,1H3. The quantitative estimate of drug-likeness (QED) is 0.839. The monoisotopic (exact) mass is 249 g/mol. The lowest BCUT2D eigenvalue weighted by atomic mass is 9.99. The van der Waals surface area contributed by atoms with E-state index in [1.807, 2.05) is 12.5 Å². The molecule has 4 heteroatoms. The van der Waals surface area contributed by atoms with Gasteiger partial charge in [0.2, 0.25) is 0 Å². The lowest BCUT2D eigenvalue weighted by Crippen LogP contribution is -2.27. The molecule has 0 aromatic carbocycles. The summed E-state index contributed by atoms with van der Waals surface area (Å²) in [6, 6.07) is 0.784. The van der Waals surface area contributed by atoms with Crippen LogP contribution in [0.3, 0.4) is 0 Å². The third-order valence-corrected chi connectivity index (χ3v) is 3.96. The van der Waals surface area contributed by atoms with Crippen LogP contribution in [0.25, 0.3) is 0 Å². The van der Waals surface area contributed by atoms with Crippen molar-refractivity contribution in [1.82, 2.24) is 14.9 Å². The Labute approximate surface area is 109 Å². The van der Waals surface area contributed by atoms with Gasteiger partial charge in [0.05, 0.1) is 18.2 Å². The molecule has 1 aromatic rings. The molecule has 1 aliphatic carbocycles. The Morgan fingerprint density at radius 3 is 3.11 bits per heavy atom. The summed E-state index contributed by atoms with van der Waals surface area (Å²) in [5.41, 5.74) is 1.26. The number of ether oxygens (including phenoxy) is 1. The number of rotatable bonds is 6. The summed E-state index contributed by atoms with van der Waals surface area (Å²) < 4.78 is 8.20. The van der Waals surface area contributed by atoms with E-state index in [2.05, 4.69) is 21.8 Å². The van der Waals surface area contributed by atoms with E-state index in [1.54, 1.807) is 0 Å². The molecular formula is C14H23N3O. The maximum atomic E-state index is 5.95. The lowest BCUT2D eigenvalue weighted by molar-refractivity contribution is 0.0838. The van der Waals surface area contributed by atoms with Gasteiger partial charge >= 0.3 is 0 Å². The zero-order valence-corrected chi connectivity index (χ0v) is 11.1. The summed E-state index contributed by atoms with van der Waals surface area (Å²) >= 11 is 0. The van der Waals surface area contributed by atoms with E-state index in [0.717, 1.165) is 32.2 Å². The molecule has 2 fully saturated rings. The number of aromatic nitrogens is 2. The highest BCUT2D eigenvalue weighted by molar-refractivity contribution is 5.07. The predicted molar refractivity (Wildman–Crippen MR) is 70.3 cm³/mol. The van der Waals surface area contributed by atoms with Crippen LogP contribution in [-0.4, -0.2) is 28.7 Å². The number of nitrogens with zero attached hydrogens (tertiary/aromatic N) is 2. The summed E-state index contributed by atoms with van der Waals surface area (Å²) in [5.74, 6) is 0.609. The van der Waals surface area contributed by atoms with Gasteiger partial charge in [0.25, 0.3) is 0 Å². The number of nitrogens with one attached hydrogen (secondary N) is 1. The minimum atomic E-state index is 0.241. The van der Waals surface area contributed by atoms with Crippen molar-refractivity contribution >= 4 is 0 Å². The van der Waals surface area contributed by atoms with Crippen LogP contribution in [0.4, 0.5) is 0 Å². The van der Waals surface area contributed by atoms with Crippen molar-refractivity contribution in [2.24, 2.45) is 5.92 Å². The zero-order chi connectivity index (χ0) is 12.4. The van der Waals surface area contributed by atoms with E-state index in [0.29, 0.717) is 5.92 Å². The average molecular weight is 249 g/mol. The fourth-order valence-corrected chi connectivity index (χ4v) is 2.77. The molecule has 0 bridgehead atoms. The average Bonchev–Trinajstić information content (AvgIpc) is 2.90. The van der Waals surface area contributed by atoms with Crippen molar-refractivity contribution in [1.29, 1.82) is 0 Å². The van der Waals surface area contributed by atoms with Crippen molar-refractivity contribution in [3.05, 3.63) is 18.2 Å². The molecule has 0 amide bonds. The van der Waals surface area contributed by atoms with Gasteiger partial charge in [-0.3, -0.25) is 0 Å². The van der Waals surface area contributed by atoms with Gasteiger partial charge in [-0.15, -0.1) is 0 Å². The van der Waals surface area contributed by atoms with Gasteiger partial charge in [-0.1, -0.05) is 6.92 Å². The molecule has 1 aromatic heterocycles. The second kappa shape index (κ2) is 5.41. The summed E-state index contributed by atoms with van der Waals surface area (Å²) in [6.07, 6.45) is 9.17. The molecule has 2 aliphatic rings. The highest BCUT2D eigenvalue weighted by Crippen LogP contribution is 2.34. The number of imidazole rings is 1. The van der Waals surface area contributed by atoms with Crippen molar-refractivity contribution < 1.29 is 4.74 Å². The molecule has 0 radical (unpaired) electrons. The van der Waals surface area contributed by atoms with E-state index in [1.165, 1.54) is 25.0 Å². The highest BCUT2D eigenvalue weighted by atomic mass is 16.5. The van der Waals surface area contributed by atoms with Gasteiger partial charge in [-0.05, 0) is 25.7 Å². The molecule has 1 N–H and O–H groups in total. The van der Waals surface area contributed by atoms with Crippen molar-refractivity contribution in [3.63, 3.8) is 0 Å². The first-order valence-corrected chi connectivity index (χ1v) is 7.23. The molecule has 0 spiro atoms. The van der Waals surface area contributed by atoms with Crippen LogP contribution in [0.2, 0.25) is 0 Å². The van der Waals surface area contributed by atoms with Crippen molar-refractivity contribution in [2.75, 3.05) is 13.2 Å². The van der Waals surface area contributed by atoms with Crippen LogP contribution in [-0.2, 0) is 11.3 Å². The van der Waals surface area contributed by atoms with Gasteiger partial charge in [0.15, 0.2) is 0 Å². The lowest BCUT2D eigenvalue weighted by Gasteiger charge is -2.20. The molecule has 2 heterocycles. The molecule has 100 valence electrons. The van der Waals surface area contributed by atoms with Gasteiger partial charge in [-0.2, -0.15) is 0 Å². The number of hydrogen-bond acceptors (Lipinski definition) is 3. The maximum absolute atomic E-state index is 5.95. The molecule has 1 aliphatic heterocycles. The molecule has 1 saturated carbocycles. The first kappa shape index (κ1) is 12.2. The SMILES string of the molecule is CCCn1cncc1C1OCCC1CNC1CC1. The minimum Gasteiger partial charge on any atom is -0.372 e. The Morgan fingerprint density at radius 1 is 1.44 bits per heavy atom. The van der Waals surface area contributed by atoms with Crippen LogP contribution in [0.5, 0.6) is 0 Å². The van der Waals surface area contributed by atoms with Crippen LogP contribution in [0.1, 0.15) is 44.4 Å². The van der Waals surface area contributed by atoms with E-state index in [4.69, 9.17) is 4.74 Å². The van der Waals surface area contributed by atoms with Crippen LogP contribution >= 0.6 is 0 Å². The maximum Gasteiger partial charge on any atom is 0.103 e. The zero-order valence-electron chi connectivity index (χ0n) is 11.1. The van der Waals surface area contributed by atoms with Crippen LogP contribution in [0.15, 0.2) is 12.5 Å². The second-order valence-corrected chi connectivity index (χ2v) is 5.53. The normalized spacial score (nSPS) is 27.8. The Kier molecular flexibility index (Phi) is 3.66. The first-order chi connectivity index (χ1) is 8.88. The van der Waals surface area contributed by atoms with E-state index in [9.17, 15) is 0 Å². The van der Waals surface area contributed by atoms with Crippen LogP contribution < -0.4 is 5.32 Å². The Bertz CT molecular complexity index is 386. The first-order valence-electron chi connectivity index (χ1n) is 7.23. The summed E-state index contributed by atoms with van der Waals surface area (Å²) in [7, 11) is 0. The summed E-state index contributed by atoms with van der Waals surface area (Å²) in [4.78, 5) is 4.29. The topological polar surface area (TPSA) is 39.1 Å². The smallest absolute Gasteiger partial charge is 0.103 e. The summed E-state index contributed by atoms with van der Waals surface area (Å²) in [5, 5.41) is 3.63. The summed E-state index contributed by atoms with van der Waals surface area (Å²) in [6.45, 7) is 5.22. The second-order valence-electron chi connectivity index (χ2n) is 5.53. The number of aryl methyl sites for hydroxylation is 1. The third-order valence-electron chi connectivity index (χ3n) is 3.96. The largest absolute Gasteiger partial charge is 0.372 e. The molecule has 4 nitrogen and oxygen atoms in total. The van der Waals surface area contributed by atoms with E-state index < -0.39 is 0 Å². The van der Waals surface area contributed by atoms with Crippen molar-refractivity contribution in [2.45, 2.75) is 51.3 Å². The van der Waals surface area contributed by atoms with E-state index in [-0.39, 0.29) is 6.10 Å². The molecule has 2 unspecified atom stereocenters. The van der Waals surface area contributed by atoms with E-state index >= 15 is 0 Å².